The Morgan fingerprint density at radius 3 is 2.76 bits per heavy atom. The van der Waals surface area contributed by atoms with Crippen LogP contribution in [0.3, 0.4) is 0 Å². The van der Waals surface area contributed by atoms with E-state index in [9.17, 15) is 14.7 Å². The lowest BCUT2D eigenvalue weighted by Crippen LogP contribution is -2.25. The molecule has 2 rings (SSSR count). The molecular weight excluding hydrogens is 270 g/mol. The standard InChI is InChI=1S/C15H23N3O3/c1-12(19)16-5-4-8-18-11-15(21)14(20)9-13(18)10-17-6-2-3-7-17/h9,11,21H,2-8,10H2,1H3,(H,16,19). The molecule has 1 aromatic rings. The summed E-state index contributed by atoms with van der Waals surface area (Å²) in [6.45, 7) is 5.59. The molecule has 2 N–H and O–H groups in total. The molecule has 0 saturated carbocycles. The molecule has 1 aliphatic rings. The Bertz CT molecular complexity index is 548. The maximum absolute atomic E-state index is 11.6. The van der Waals surface area contributed by atoms with Crippen LogP contribution in [0.25, 0.3) is 0 Å². The van der Waals surface area contributed by atoms with Crippen LogP contribution in [0.1, 0.15) is 31.9 Å². The number of nitrogens with zero attached hydrogens (tertiary/aromatic N) is 2. The van der Waals surface area contributed by atoms with E-state index in [4.69, 9.17) is 0 Å². The predicted molar refractivity (Wildman–Crippen MR) is 80.2 cm³/mol. The molecule has 0 aromatic carbocycles. The molecule has 0 radical (unpaired) electrons. The number of pyridine rings is 1. The molecule has 0 bridgehead atoms. The van der Waals surface area contributed by atoms with Crippen LogP contribution in [0.4, 0.5) is 0 Å². The zero-order valence-electron chi connectivity index (χ0n) is 12.5. The van der Waals surface area contributed by atoms with Crippen molar-refractivity contribution in [1.82, 2.24) is 14.8 Å². The minimum atomic E-state index is -0.331. The third-order valence-electron chi connectivity index (χ3n) is 3.73. The third-order valence-corrected chi connectivity index (χ3v) is 3.73. The van der Waals surface area contributed by atoms with Crippen LogP contribution in [0.15, 0.2) is 17.1 Å². The number of aryl methyl sites for hydroxylation is 1. The second kappa shape index (κ2) is 7.26. The highest BCUT2D eigenvalue weighted by atomic mass is 16.3. The van der Waals surface area contributed by atoms with Crippen LogP contribution >= 0.6 is 0 Å². The highest BCUT2D eigenvalue weighted by Gasteiger charge is 2.14. The van der Waals surface area contributed by atoms with Crippen LogP contribution in [-0.4, -0.2) is 40.1 Å². The molecule has 1 fully saturated rings. The summed E-state index contributed by atoms with van der Waals surface area (Å²) in [5, 5.41) is 12.4. The smallest absolute Gasteiger partial charge is 0.223 e. The summed E-state index contributed by atoms with van der Waals surface area (Å²) in [5.74, 6) is -0.269. The first-order valence-electron chi connectivity index (χ1n) is 7.45. The normalized spacial score (nSPS) is 15.3. The number of nitrogens with one attached hydrogen (secondary N) is 1. The van der Waals surface area contributed by atoms with Crippen molar-refractivity contribution in [1.29, 1.82) is 0 Å². The number of rotatable bonds is 6. The van der Waals surface area contributed by atoms with E-state index in [0.717, 1.165) is 31.7 Å². The van der Waals surface area contributed by atoms with Gasteiger partial charge in [0.05, 0.1) is 6.20 Å². The molecule has 1 aromatic heterocycles. The van der Waals surface area contributed by atoms with Gasteiger partial charge in [-0.15, -0.1) is 0 Å². The molecule has 0 aliphatic carbocycles. The SMILES string of the molecule is CC(=O)NCCCn1cc(O)c(=O)cc1CN1CCCC1. The summed E-state index contributed by atoms with van der Waals surface area (Å²) in [6, 6.07) is 1.52. The van der Waals surface area contributed by atoms with Crippen molar-refractivity contribution in [2.45, 2.75) is 39.3 Å². The van der Waals surface area contributed by atoms with Gasteiger partial charge in [0.2, 0.25) is 11.3 Å². The van der Waals surface area contributed by atoms with E-state index in [2.05, 4.69) is 10.2 Å². The van der Waals surface area contributed by atoms with E-state index >= 15 is 0 Å². The Morgan fingerprint density at radius 1 is 1.38 bits per heavy atom. The Hall–Kier alpha value is -1.82. The number of hydrogen-bond acceptors (Lipinski definition) is 4. The number of carbonyl (C=O) groups is 1. The van der Waals surface area contributed by atoms with Gasteiger partial charge in [0.15, 0.2) is 5.75 Å². The average molecular weight is 293 g/mol. The molecule has 1 amide bonds. The Labute approximate surface area is 124 Å². The zero-order chi connectivity index (χ0) is 15.2. The fraction of sp³-hybridized carbons (Fsp3) is 0.600. The van der Waals surface area contributed by atoms with Gasteiger partial charge < -0.3 is 15.0 Å². The fourth-order valence-corrected chi connectivity index (χ4v) is 2.63. The molecule has 0 spiro atoms. The maximum atomic E-state index is 11.6. The number of carbonyl (C=O) groups excluding carboxylic acids is 1. The van der Waals surface area contributed by atoms with Crippen molar-refractivity contribution in [2.24, 2.45) is 0 Å². The molecule has 0 unspecified atom stereocenters. The second-order valence-corrected chi connectivity index (χ2v) is 5.53. The first kappa shape index (κ1) is 15.6. The predicted octanol–water partition coefficient (Wildman–Crippen LogP) is 0.676. The zero-order valence-corrected chi connectivity index (χ0v) is 12.5. The van der Waals surface area contributed by atoms with Gasteiger partial charge in [0, 0.05) is 38.3 Å². The van der Waals surface area contributed by atoms with E-state index in [1.807, 2.05) is 4.57 Å². The van der Waals surface area contributed by atoms with Crippen LogP contribution in [0, 0.1) is 0 Å². The van der Waals surface area contributed by atoms with E-state index in [1.165, 1.54) is 32.0 Å². The molecule has 6 nitrogen and oxygen atoms in total. The number of aromatic hydroxyl groups is 1. The molecule has 1 saturated heterocycles. The highest BCUT2D eigenvalue weighted by Crippen LogP contribution is 2.14. The van der Waals surface area contributed by atoms with Gasteiger partial charge in [-0.05, 0) is 32.4 Å². The van der Waals surface area contributed by atoms with Crippen molar-refractivity contribution >= 4 is 5.91 Å². The number of amides is 1. The summed E-state index contributed by atoms with van der Waals surface area (Å²) in [5.41, 5.74) is 0.588. The maximum Gasteiger partial charge on any atom is 0.223 e. The Kier molecular flexibility index (Phi) is 5.38. The number of aromatic nitrogens is 1. The topological polar surface area (TPSA) is 74.6 Å². The van der Waals surface area contributed by atoms with Crippen molar-refractivity contribution in [3.63, 3.8) is 0 Å². The van der Waals surface area contributed by atoms with Gasteiger partial charge >= 0.3 is 0 Å². The van der Waals surface area contributed by atoms with Crippen molar-refractivity contribution in [3.8, 4) is 5.75 Å². The summed E-state index contributed by atoms with van der Waals surface area (Å²) in [6.07, 6.45) is 4.66. The minimum Gasteiger partial charge on any atom is -0.503 e. The van der Waals surface area contributed by atoms with Gasteiger partial charge in [-0.25, -0.2) is 0 Å². The molecular formula is C15H23N3O3. The molecule has 6 heteroatoms. The van der Waals surface area contributed by atoms with Gasteiger partial charge in [0.25, 0.3) is 0 Å². The van der Waals surface area contributed by atoms with Crippen molar-refractivity contribution < 1.29 is 9.90 Å². The lowest BCUT2D eigenvalue weighted by molar-refractivity contribution is -0.118. The number of hydrogen-bond donors (Lipinski definition) is 2. The molecule has 1 aliphatic heterocycles. The molecule has 2 heterocycles. The van der Waals surface area contributed by atoms with E-state index in [1.54, 1.807) is 0 Å². The summed E-state index contributed by atoms with van der Waals surface area (Å²) in [7, 11) is 0. The Balaban J connectivity index is 2.04. The average Bonchev–Trinajstić information content (AvgIpc) is 2.92. The second-order valence-electron chi connectivity index (χ2n) is 5.53. The Morgan fingerprint density at radius 2 is 2.10 bits per heavy atom. The summed E-state index contributed by atoms with van der Waals surface area (Å²) >= 11 is 0. The summed E-state index contributed by atoms with van der Waals surface area (Å²) < 4.78 is 1.91. The first-order valence-corrected chi connectivity index (χ1v) is 7.45. The van der Waals surface area contributed by atoms with Gasteiger partial charge in [-0.3, -0.25) is 14.5 Å². The lowest BCUT2D eigenvalue weighted by atomic mass is 10.2. The van der Waals surface area contributed by atoms with E-state index in [0.29, 0.717) is 13.1 Å². The van der Waals surface area contributed by atoms with Crippen molar-refractivity contribution in [2.75, 3.05) is 19.6 Å². The van der Waals surface area contributed by atoms with Crippen LogP contribution in [0.5, 0.6) is 5.75 Å². The largest absolute Gasteiger partial charge is 0.503 e. The lowest BCUT2D eigenvalue weighted by Gasteiger charge is -2.19. The quantitative estimate of drug-likeness (QED) is 0.756. The highest BCUT2D eigenvalue weighted by molar-refractivity contribution is 5.72. The van der Waals surface area contributed by atoms with Crippen LogP contribution in [0.2, 0.25) is 0 Å². The molecule has 0 atom stereocenters. The van der Waals surface area contributed by atoms with E-state index in [-0.39, 0.29) is 17.1 Å². The third kappa shape index (κ3) is 4.60. The minimum absolute atomic E-state index is 0.0463. The van der Waals surface area contributed by atoms with Crippen molar-refractivity contribution in [3.05, 3.63) is 28.2 Å². The number of likely N-dealkylation sites (tertiary alicyclic amines) is 1. The molecule has 116 valence electrons. The van der Waals surface area contributed by atoms with E-state index < -0.39 is 0 Å². The fourth-order valence-electron chi connectivity index (χ4n) is 2.63. The van der Waals surface area contributed by atoms with Gasteiger partial charge in [-0.1, -0.05) is 0 Å². The van der Waals surface area contributed by atoms with Crippen LogP contribution in [-0.2, 0) is 17.9 Å². The molecule has 21 heavy (non-hydrogen) atoms. The van der Waals surface area contributed by atoms with Gasteiger partial charge in [-0.2, -0.15) is 0 Å². The summed E-state index contributed by atoms with van der Waals surface area (Å²) in [4.78, 5) is 24.8. The van der Waals surface area contributed by atoms with Gasteiger partial charge in [0.1, 0.15) is 0 Å². The first-order chi connectivity index (χ1) is 10.1. The van der Waals surface area contributed by atoms with Crippen LogP contribution < -0.4 is 10.7 Å². The monoisotopic (exact) mass is 293 g/mol.